The molecule has 1 nitrogen and oxygen atoms in total. The molecule has 0 aliphatic carbocycles. The van der Waals surface area contributed by atoms with Gasteiger partial charge in [-0.3, -0.25) is 0 Å². The molecule has 0 saturated heterocycles. The van der Waals surface area contributed by atoms with Crippen LogP contribution >= 0.6 is 34.3 Å². The van der Waals surface area contributed by atoms with Gasteiger partial charge >= 0.3 is 0 Å². The molecule has 0 aromatic carbocycles. The van der Waals surface area contributed by atoms with Crippen LogP contribution in [-0.4, -0.2) is 0 Å². The predicted molar refractivity (Wildman–Crippen MR) is 73.6 cm³/mol. The number of thiophene rings is 2. The molecule has 0 radical (unpaired) electrons. The maximum atomic E-state index is 5.93. The Morgan fingerprint density at radius 3 is 2.62 bits per heavy atom. The van der Waals surface area contributed by atoms with E-state index in [-0.39, 0.29) is 0 Å². The summed E-state index contributed by atoms with van der Waals surface area (Å²) >= 11 is 9.31. The van der Waals surface area contributed by atoms with E-state index in [2.05, 4.69) is 42.1 Å². The summed E-state index contributed by atoms with van der Waals surface area (Å²) in [5.41, 5.74) is 1.26. The first kappa shape index (κ1) is 12.1. The highest BCUT2D eigenvalue weighted by molar-refractivity contribution is 7.14. The molecule has 4 heteroatoms. The molecule has 1 unspecified atom stereocenters. The van der Waals surface area contributed by atoms with E-state index < -0.39 is 0 Å². The third-order valence-corrected chi connectivity index (χ3v) is 4.72. The van der Waals surface area contributed by atoms with Crippen LogP contribution in [0.5, 0.6) is 0 Å². The summed E-state index contributed by atoms with van der Waals surface area (Å²) in [4.78, 5) is 1.37. The number of hydrogen-bond acceptors (Lipinski definition) is 3. The summed E-state index contributed by atoms with van der Waals surface area (Å²) in [7, 11) is 0. The molecule has 0 amide bonds. The Hall–Kier alpha value is -0.350. The number of hydrogen-bond donors (Lipinski definition) is 1. The molecule has 0 spiro atoms. The van der Waals surface area contributed by atoms with Crippen molar-refractivity contribution in [3.05, 3.63) is 43.7 Å². The van der Waals surface area contributed by atoms with Crippen molar-refractivity contribution in [2.75, 3.05) is 0 Å². The monoisotopic (exact) mass is 271 g/mol. The normalized spacial score (nSPS) is 14.9. The minimum atomic E-state index is 0.334. The smallest absolute Gasteiger partial charge is 0.0931 e. The lowest BCUT2D eigenvalue weighted by Gasteiger charge is -2.18. The largest absolute Gasteiger partial charge is 0.303 e. The van der Waals surface area contributed by atoms with Crippen LogP contribution < -0.4 is 5.32 Å². The molecule has 86 valence electrons. The van der Waals surface area contributed by atoms with Crippen molar-refractivity contribution in [1.29, 1.82) is 0 Å². The van der Waals surface area contributed by atoms with E-state index >= 15 is 0 Å². The standard InChI is InChI=1S/C12H14ClNS2/c1-8(10-6-12(13)16-7-10)14-9(2)11-4-3-5-15-11/h3-9,14H,1-2H3/t8?,9-/m1/s1. The fourth-order valence-electron chi connectivity index (χ4n) is 1.64. The summed E-state index contributed by atoms with van der Waals surface area (Å²) in [6, 6.07) is 7.00. The van der Waals surface area contributed by atoms with Crippen molar-refractivity contribution in [3.8, 4) is 0 Å². The Morgan fingerprint density at radius 1 is 1.25 bits per heavy atom. The lowest BCUT2D eigenvalue weighted by molar-refractivity contribution is 0.501. The second kappa shape index (κ2) is 5.32. The molecular formula is C12H14ClNS2. The van der Waals surface area contributed by atoms with Gasteiger partial charge in [-0.2, -0.15) is 0 Å². The van der Waals surface area contributed by atoms with Gasteiger partial charge in [0.1, 0.15) is 0 Å². The summed E-state index contributed by atoms with van der Waals surface area (Å²) in [5.74, 6) is 0. The van der Waals surface area contributed by atoms with Gasteiger partial charge in [-0.25, -0.2) is 0 Å². The zero-order valence-corrected chi connectivity index (χ0v) is 11.6. The predicted octanol–water partition coefficient (Wildman–Crippen LogP) is 4.87. The van der Waals surface area contributed by atoms with Crippen LogP contribution in [0.2, 0.25) is 4.34 Å². The maximum Gasteiger partial charge on any atom is 0.0931 e. The highest BCUT2D eigenvalue weighted by Crippen LogP contribution is 2.27. The Kier molecular flexibility index (Phi) is 4.03. The van der Waals surface area contributed by atoms with E-state index in [9.17, 15) is 0 Å². The van der Waals surface area contributed by atoms with Gasteiger partial charge in [-0.15, -0.1) is 22.7 Å². The van der Waals surface area contributed by atoms with E-state index in [1.54, 1.807) is 22.7 Å². The average molecular weight is 272 g/mol. The van der Waals surface area contributed by atoms with Gasteiger partial charge in [0.05, 0.1) is 4.34 Å². The molecular weight excluding hydrogens is 258 g/mol. The molecule has 0 fully saturated rings. The van der Waals surface area contributed by atoms with Crippen molar-refractivity contribution >= 4 is 34.3 Å². The van der Waals surface area contributed by atoms with E-state index in [4.69, 9.17) is 11.6 Å². The van der Waals surface area contributed by atoms with Gasteiger partial charge in [0.25, 0.3) is 0 Å². The minimum Gasteiger partial charge on any atom is -0.303 e. The minimum absolute atomic E-state index is 0.334. The first-order chi connectivity index (χ1) is 7.66. The van der Waals surface area contributed by atoms with Gasteiger partial charge in [-0.1, -0.05) is 17.7 Å². The SMILES string of the molecule is CC(N[C@H](C)c1cccs1)c1csc(Cl)c1. The Balaban J connectivity index is 2.00. The number of nitrogens with one attached hydrogen (secondary N) is 1. The van der Waals surface area contributed by atoms with Gasteiger partial charge in [0.15, 0.2) is 0 Å². The average Bonchev–Trinajstić information content (AvgIpc) is 2.87. The zero-order valence-electron chi connectivity index (χ0n) is 9.24. The Bertz CT molecular complexity index is 436. The molecule has 2 rings (SSSR count). The van der Waals surface area contributed by atoms with Crippen LogP contribution in [0.25, 0.3) is 0 Å². The van der Waals surface area contributed by atoms with E-state index in [1.807, 2.05) is 6.07 Å². The molecule has 2 aromatic heterocycles. The molecule has 2 atom stereocenters. The Labute approximate surface area is 109 Å². The van der Waals surface area contributed by atoms with Crippen molar-refractivity contribution in [1.82, 2.24) is 5.32 Å². The second-order valence-corrected chi connectivity index (χ2v) is 6.33. The van der Waals surface area contributed by atoms with Crippen molar-refractivity contribution in [3.63, 3.8) is 0 Å². The van der Waals surface area contributed by atoms with Gasteiger partial charge in [-0.05, 0) is 42.3 Å². The highest BCUT2D eigenvalue weighted by Gasteiger charge is 2.12. The van der Waals surface area contributed by atoms with Gasteiger partial charge in [0, 0.05) is 17.0 Å². The highest BCUT2D eigenvalue weighted by atomic mass is 35.5. The fraction of sp³-hybridized carbons (Fsp3) is 0.333. The fourth-order valence-corrected chi connectivity index (χ4v) is 3.37. The lowest BCUT2D eigenvalue weighted by atomic mass is 10.1. The van der Waals surface area contributed by atoms with Crippen LogP contribution in [0.1, 0.15) is 36.4 Å². The molecule has 2 aromatic rings. The number of halogens is 1. The maximum absolute atomic E-state index is 5.93. The Morgan fingerprint density at radius 2 is 2.06 bits per heavy atom. The van der Waals surface area contributed by atoms with Crippen LogP contribution in [0.15, 0.2) is 29.0 Å². The van der Waals surface area contributed by atoms with Crippen molar-refractivity contribution in [2.24, 2.45) is 0 Å². The quantitative estimate of drug-likeness (QED) is 0.836. The molecule has 0 aliphatic heterocycles. The molecule has 2 heterocycles. The van der Waals surface area contributed by atoms with Crippen LogP contribution in [-0.2, 0) is 0 Å². The molecule has 1 N–H and O–H groups in total. The molecule has 0 saturated carbocycles. The summed E-state index contributed by atoms with van der Waals surface area (Å²) in [6.07, 6.45) is 0. The first-order valence-corrected chi connectivity index (χ1v) is 7.34. The van der Waals surface area contributed by atoms with Gasteiger partial charge < -0.3 is 5.32 Å². The topological polar surface area (TPSA) is 12.0 Å². The third-order valence-electron chi connectivity index (χ3n) is 2.56. The summed E-state index contributed by atoms with van der Waals surface area (Å²) in [5, 5.41) is 7.79. The van der Waals surface area contributed by atoms with Crippen LogP contribution in [0.4, 0.5) is 0 Å². The van der Waals surface area contributed by atoms with E-state index in [1.165, 1.54) is 10.4 Å². The van der Waals surface area contributed by atoms with Gasteiger partial charge in [0.2, 0.25) is 0 Å². The van der Waals surface area contributed by atoms with Crippen LogP contribution in [0.3, 0.4) is 0 Å². The number of rotatable bonds is 4. The molecule has 16 heavy (non-hydrogen) atoms. The van der Waals surface area contributed by atoms with Crippen molar-refractivity contribution in [2.45, 2.75) is 25.9 Å². The van der Waals surface area contributed by atoms with E-state index in [0.717, 1.165) is 4.34 Å². The lowest BCUT2D eigenvalue weighted by Crippen LogP contribution is -2.21. The second-order valence-electron chi connectivity index (χ2n) is 3.81. The molecule has 0 aliphatic rings. The third kappa shape index (κ3) is 2.86. The van der Waals surface area contributed by atoms with Crippen molar-refractivity contribution < 1.29 is 0 Å². The summed E-state index contributed by atoms with van der Waals surface area (Å²) in [6.45, 7) is 4.36. The van der Waals surface area contributed by atoms with Crippen LogP contribution in [0, 0.1) is 0 Å². The van der Waals surface area contributed by atoms with E-state index in [0.29, 0.717) is 12.1 Å². The zero-order chi connectivity index (χ0) is 11.5. The summed E-state index contributed by atoms with van der Waals surface area (Å²) < 4.78 is 0.854. The molecule has 0 bridgehead atoms. The first-order valence-electron chi connectivity index (χ1n) is 5.20.